The molecular weight excluding hydrogens is 407 g/mol. The Morgan fingerprint density at radius 2 is 1.84 bits per heavy atom. The molecule has 0 saturated heterocycles. The highest BCUT2D eigenvalue weighted by molar-refractivity contribution is 7.15. The van der Waals surface area contributed by atoms with Gasteiger partial charge in [-0.25, -0.2) is 0 Å². The Bertz CT molecular complexity index is 1190. The number of thiophene rings is 1. The molecule has 1 aromatic carbocycles. The maximum absolute atomic E-state index is 12.7. The molecule has 0 fully saturated rings. The van der Waals surface area contributed by atoms with Crippen LogP contribution in [0, 0.1) is 20.8 Å². The first-order chi connectivity index (χ1) is 14.5. The molecule has 3 aromatic rings. The van der Waals surface area contributed by atoms with Gasteiger partial charge in [-0.3, -0.25) is 14.4 Å². The van der Waals surface area contributed by atoms with Crippen LogP contribution >= 0.6 is 11.3 Å². The van der Waals surface area contributed by atoms with Gasteiger partial charge in [-0.15, -0.1) is 21.5 Å². The highest BCUT2D eigenvalue weighted by atomic mass is 32.1. The third-order valence-corrected chi connectivity index (χ3v) is 6.40. The van der Waals surface area contributed by atoms with Gasteiger partial charge in [-0.2, -0.15) is 0 Å². The van der Waals surface area contributed by atoms with E-state index in [-0.39, 0.29) is 12.4 Å². The van der Waals surface area contributed by atoms with Gasteiger partial charge in [0, 0.05) is 16.0 Å². The lowest BCUT2D eigenvalue weighted by Crippen LogP contribution is -2.25. The van der Waals surface area contributed by atoms with Crippen molar-refractivity contribution in [1.29, 1.82) is 0 Å². The van der Waals surface area contributed by atoms with Gasteiger partial charge in [0.2, 0.25) is 0 Å². The molecular formula is C23H25BN4O2S. The molecule has 2 radical (unpaired) electrons. The molecule has 0 amide bonds. The number of carbonyl (C=O) groups is 1. The topological polar surface area (TPSA) is 69.4 Å². The summed E-state index contributed by atoms with van der Waals surface area (Å²) in [5, 5.41) is 9.74. The zero-order valence-electron chi connectivity index (χ0n) is 18.7. The summed E-state index contributed by atoms with van der Waals surface area (Å²) in [6, 6.07) is 7.15. The average Bonchev–Trinajstić information content (AvgIpc) is 3.14. The fourth-order valence-electron chi connectivity index (χ4n) is 3.71. The molecule has 0 aliphatic carbocycles. The van der Waals surface area contributed by atoms with Crippen molar-refractivity contribution in [3.8, 4) is 5.00 Å². The minimum Gasteiger partial charge on any atom is -0.460 e. The lowest BCUT2D eigenvalue weighted by molar-refractivity contribution is -0.155. The largest absolute Gasteiger partial charge is 0.460 e. The third kappa shape index (κ3) is 4.09. The molecule has 4 rings (SSSR count). The van der Waals surface area contributed by atoms with E-state index in [2.05, 4.69) is 24.0 Å². The van der Waals surface area contributed by atoms with Crippen molar-refractivity contribution in [3.05, 3.63) is 57.5 Å². The highest BCUT2D eigenvalue weighted by Crippen LogP contribution is 2.39. The first-order valence-corrected chi connectivity index (χ1v) is 11.0. The number of aliphatic imine (C=N–C) groups is 1. The van der Waals surface area contributed by atoms with Crippen LogP contribution in [0.1, 0.15) is 66.5 Å². The molecule has 3 heterocycles. The number of aromatic nitrogens is 3. The molecule has 1 aliphatic rings. The minimum atomic E-state index is -0.568. The van der Waals surface area contributed by atoms with E-state index in [0.717, 1.165) is 33.2 Å². The van der Waals surface area contributed by atoms with Gasteiger partial charge in [0.25, 0.3) is 0 Å². The molecule has 6 nitrogen and oxygen atoms in total. The van der Waals surface area contributed by atoms with Gasteiger partial charge < -0.3 is 4.74 Å². The van der Waals surface area contributed by atoms with Gasteiger partial charge in [0.1, 0.15) is 30.3 Å². The van der Waals surface area contributed by atoms with Crippen LogP contribution in [-0.2, 0) is 9.53 Å². The smallest absolute Gasteiger partial charge is 0.308 e. The molecule has 1 unspecified atom stereocenters. The summed E-state index contributed by atoms with van der Waals surface area (Å²) in [5.74, 6) is 1.10. The number of carbonyl (C=O) groups excluding carboxylic acids is 1. The Hall–Kier alpha value is -2.74. The molecule has 0 bridgehead atoms. The maximum Gasteiger partial charge on any atom is 0.308 e. The highest BCUT2D eigenvalue weighted by Gasteiger charge is 2.33. The number of nitrogens with zero attached hydrogens (tertiary/aromatic N) is 4. The standard InChI is InChI=1S/C23H25BN4O2S/c1-12-13(2)31-22-19(12)20(15-7-9-16(24)10-8-15)25-17(11-18(29)30-23(4,5)6)21-27-26-14(3)28(21)22/h7-10,17H,11H2,1-6H3. The Labute approximate surface area is 187 Å². The zero-order valence-corrected chi connectivity index (χ0v) is 19.5. The first kappa shape index (κ1) is 21.5. The number of aryl methyl sites for hydroxylation is 2. The normalized spacial score (nSPS) is 15.7. The maximum atomic E-state index is 12.7. The van der Waals surface area contributed by atoms with Crippen molar-refractivity contribution < 1.29 is 9.53 Å². The summed E-state index contributed by atoms with van der Waals surface area (Å²) in [5.41, 5.74) is 4.10. The van der Waals surface area contributed by atoms with Crippen LogP contribution in [0.15, 0.2) is 29.3 Å². The summed E-state index contributed by atoms with van der Waals surface area (Å²) in [7, 11) is 5.92. The van der Waals surface area contributed by atoms with Crippen molar-refractivity contribution in [3.63, 3.8) is 0 Å². The molecule has 0 saturated carbocycles. The van der Waals surface area contributed by atoms with Crippen molar-refractivity contribution >= 4 is 36.3 Å². The van der Waals surface area contributed by atoms with Crippen LogP contribution in [0.25, 0.3) is 5.00 Å². The Kier molecular flexibility index (Phi) is 5.37. The fraction of sp³-hybridized carbons (Fsp3) is 0.391. The molecule has 1 aliphatic heterocycles. The molecule has 1 atom stereocenters. The monoisotopic (exact) mass is 432 g/mol. The van der Waals surface area contributed by atoms with Gasteiger partial charge in [0.05, 0.1) is 12.1 Å². The zero-order chi connectivity index (χ0) is 22.5. The lowest BCUT2D eigenvalue weighted by Gasteiger charge is -2.21. The van der Waals surface area contributed by atoms with E-state index in [1.807, 2.05) is 56.5 Å². The van der Waals surface area contributed by atoms with Crippen LogP contribution in [0.5, 0.6) is 0 Å². The lowest BCUT2D eigenvalue weighted by atomic mass is 9.92. The van der Waals surface area contributed by atoms with E-state index < -0.39 is 11.6 Å². The van der Waals surface area contributed by atoms with Crippen LogP contribution in [-0.4, -0.2) is 39.9 Å². The van der Waals surface area contributed by atoms with Crippen LogP contribution in [0.3, 0.4) is 0 Å². The summed E-state index contributed by atoms with van der Waals surface area (Å²) in [6.45, 7) is 11.7. The predicted molar refractivity (Wildman–Crippen MR) is 124 cm³/mol. The van der Waals surface area contributed by atoms with Crippen molar-refractivity contribution in [2.24, 2.45) is 4.99 Å². The Morgan fingerprint density at radius 3 is 2.48 bits per heavy atom. The molecule has 0 spiro atoms. The van der Waals surface area contributed by atoms with Crippen LogP contribution in [0.2, 0.25) is 0 Å². The number of esters is 1. The number of hydrogen-bond acceptors (Lipinski definition) is 6. The molecule has 158 valence electrons. The quantitative estimate of drug-likeness (QED) is 0.468. The van der Waals surface area contributed by atoms with E-state index in [1.165, 1.54) is 4.88 Å². The second-order valence-electron chi connectivity index (χ2n) is 8.81. The molecule has 8 heteroatoms. The number of ether oxygens (including phenoxy) is 1. The average molecular weight is 432 g/mol. The van der Waals surface area contributed by atoms with E-state index in [0.29, 0.717) is 11.3 Å². The van der Waals surface area contributed by atoms with Crippen molar-refractivity contribution in [2.45, 2.75) is 59.6 Å². The van der Waals surface area contributed by atoms with E-state index in [1.54, 1.807) is 11.3 Å². The molecule has 2 aromatic heterocycles. The van der Waals surface area contributed by atoms with Gasteiger partial charge in [0.15, 0.2) is 5.82 Å². The van der Waals surface area contributed by atoms with Gasteiger partial charge in [-0.1, -0.05) is 29.7 Å². The Morgan fingerprint density at radius 1 is 1.16 bits per heavy atom. The summed E-state index contributed by atoms with van der Waals surface area (Å²) in [4.78, 5) is 19.0. The van der Waals surface area contributed by atoms with E-state index >= 15 is 0 Å². The molecule has 0 N–H and O–H groups in total. The number of rotatable bonds is 3. The summed E-state index contributed by atoms with van der Waals surface area (Å²) >= 11 is 1.69. The summed E-state index contributed by atoms with van der Waals surface area (Å²) in [6.07, 6.45) is 0.0842. The minimum absolute atomic E-state index is 0.0842. The van der Waals surface area contributed by atoms with E-state index in [9.17, 15) is 4.79 Å². The Balaban J connectivity index is 1.91. The predicted octanol–water partition coefficient (Wildman–Crippen LogP) is 3.67. The van der Waals surface area contributed by atoms with Gasteiger partial charge in [-0.05, 0) is 47.1 Å². The third-order valence-electron chi connectivity index (χ3n) is 5.20. The number of benzene rings is 1. The van der Waals surface area contributed by atoms with Crippen LogP contribution in [0.4, 0.5) is 0 Å². The first-order valence-electron chi connectivity index (χ1n) is 10.2. The number of hydrogen-bond donors (Lipinski definition) is 0. The van der Waals surface area contributed by atoms with Crippen molar-refractivity contribution in [2.75, 3.05) is 0 Å². The second-order valence-corrected chi connectivity index (χ2v) is 10.0. The van der Waals surface area contributed by atoms with Crippen molar-refractivity contribution in [1.82, 2.24) is 14.8 Å². The second kappa shape index (κ2) is 7.75. The summed E-state index contributed by atoms with van der Waals surface area (Å²) < 4.78 is 7.61. The SMILES string of the molecule is [B]c1ccc(C2=NC(CC(=O)OC(C)(C)C)c3nnc(C)n3-c3sc(C)c(C)c32)cc1. The van der Waals surface area contributed by atoms with Crippen LogP contribution < -0.4 is 5.46 Å². The number of fused-ring (bicyclic) bond motifs is 3. The van der Waals surface area contributed by atoms with Gasteiger partial charge >= 0.3 is 5.97 Å². The van der Waals surface area contributed by atoms with E-state index in [4.69, 9.17) is 17.6 Å². The molecule has 31 heavy (non-hydrogen) atoms. The fourth-order valence-corrected chi connectivity index (χ4v) is 4.92.